The zero-order valence-electron chi connectivity index (χ0n) is 17.4. The Bertz CT molecular complexity index is 1020. The molecular weight excluding hydrogens is 386 g/mol. The van der Waals surface area contributed by atoms with Crippen LogP contribution < -0.4 is 4.74 Å². The van der Waals surface area contributed by atoms with Crippen LogP contribution in [-0.2, 0) is 13.1 Å². The second-order valence-electron chi connectivity index (χ2n) is 7.59. The van der Waals surface area contributed by atoms with E-state index in [1.165, 1.54) is 11.1 Å². The summed E-state index contributed by atoms with van der Waals surface area (Å²) in [7, 11) is 0. The number of rotatable bonds is 10. The summed E-state index contributed by atoms with van der Waals surface area (Å²) < 4.78 is 11.4. The minimum absolute atomic E-state index is 0.230. The minimum Gasteiger partial charge on any atom is -0.491 e. The van der Waals surface area contributed by atoms with Crippen LogP contribution in [-0.4, -0.2) is 29.3 Å². The van der Waals surface area contributed by atoms with Crippen LogP contribution in [0.15, 0.2) is 108 Å². The first-order valence-corrected chi connectivity index (χ1v) is 10.5. The van der Waals surface area contributed by atoms with E-state index in [1.54, 1.807) is 6.26 Å². The summed E-state index contributed by atoms with van der Waals surface area (Å²) in [5, 5.41) is 10.6. The first kappa shape index (κ1) is 20.9. The molecular formula is C27H27NO3. The first-order valence-electron chi connectivity index (χ1n) is 10.5. The van der Waals surface area contributed by atoms with Gasteiger partial charge in [0, 0.05) is 13.1 Å². The van der Waals surface area contributed by atoms with E-state index in [0.717, 1.165) is 23.6 Å². The van der Waals surface area contributed by atoms with E-state index in [0.29, 0.717) is 13.1 Å². The van der Waals surface area contributed by atoms with Crippen molar-refractivity contribution in [3.8, 4) is 16.9 Å². The van der Waals surface area contributed by atoms with Gasteiger partial charge in [0.25, 0.3) is 0 Å². The van der Waals surface area contributed by atoms with Gasteiger partial charge in [-0.15, -0.1) is 0 Å². The van der Waals surface area contributed by atoms with Crippen LogP contribution in [0.1, 0.15) is 11.3 Å². The predicted octanol–water partition coefficient (Wildman–Crippen LogP) is 5.39. The summed E-state index contributed by atoms with van der Waals surface area (Å²) in [6.45, 7) is 2.07. The van der Waals surface area contributed by atoms with Gasteiger partial charge in [-0.3, -0.25) is 4.90 Å². The van der Waals surface area contributed by atoms with Crippen molar-refractivity contribution in [2.45, 2.75) is 19.2 Å². The molecule has 4 nitrogen and oxygen atoms in total. The molecule has 3 aromatic carbocycles. The number of aliphatic hydroxyl groups excluding tert-OH is 1. The van der Waals surface area contributed by atoms with Gasteiger partial charge in [0.15, 0.2) is 0 Å². The van der Waals surface area contributed by atoms with E-state index in [-0.39, 0.29) is 6.61 Å². The van der Waals surface area contributed by atoms with E-state index in [1.807, 2.05) is 72.8 Å². The SMILES string of the molecule is OC(COc1ccc(-c2ccccc2)cc1)CN(Cc1ccccc1)Cc1ccco1. The lowest BCUT2D eigenvalue weighted by molar-refractivity contribution is 0.0605. The Hall–Kier alpha value is -3.34. The maximum atomic E-state index is 10.6. The van der Waals surface area contributed by atoms with Crippen LogP contribution in [0.25, 0.3) is 11.1 Å². The Morgan fingerprint density at radius 1 is 0.742 bits per heavy atom. The van der Waals surface area contributed by atoms with Gasteiger partial charge in [0.05, 0.1) is 12.8 Å². The lowest BCUT2D eigenvalue weighted by atomic mass is 10.1. The molecule has 4 aromatic rings. The Morgan fingerprint density at radius 2 is 1.42 bits per heavy atom. The molecule has 0 radical (unpaired) electrons. The maximum absolute atomic E-state index is 10.6. The van der Waals surface area contributed by atoms with Crippen LogP contribution in [0, 0.1) is 0 Å². The molecule has 1 N–H and O–H groups in total. The number of hydrogen-bond acceptors (Lipinski definition) is 4. The number of nitrogens with zero attached hydrogens (tertiary/aromatic N) is 1. The Labute approximate surface area is 183 Å². The normalized spacial score (nSPS) is 12.1. The summed E-state index contributed by atoms with van der Waals surface area (Å²) in [6, 6.07) is 32.3. The van der Waals surface area contributed by atoms with Crippen molar-refractivity contribution >= 4 is 0 Å². The zero-order chi connectivity index (χ0) is 21.3. The minimum atomic E-state index is -0.618. The third-order valence-corrected chi connectivity index (χ3v) is 5.08. The molecule has 31 heavy (non-hydrogen) atoms. The topological polar surface area (TPSA) is 45.8 Å². The quantitative estimate of drug-likeness (QED) is 0.379. The second-order valence-corrected chi connectivity index (χ2v) is 7.59. The van der Waals surface area contributed by atoms with Crippen molar-refractivity contribution < 1.29 is 14.3 Å². The molecule has 158 valence electrons. The van der Waals surface area contributed by atoms with Gasteiger partial charge in [-0.2, -0.15) is 0 Å². The summed E-state index contributed by atoms with van der Waals surface area (Å²) in [5.74, 6) is 1.62. The van der Waals surface area contributed by atoms with Crippen LogP contribution >= 0.6 is 0 Å². The van der Waals surface area contributed by atoms with Gasteiger partial charge < -0.3 is 14.3 Å². The molecule has 0 aliphatic rings. The van der Waals surface area contributed by atoms with E-state index in [4.69, 9.17) is 9.15 Å². The molecule has 0 bridgehead atoms. The predicted molar refractivity (Wildman–Crippen MR) is 123 cm³/mol. The summed E-state index contributed by atoms with van der Waals surface area (Å²) >= 11 is 0. The fraction of sp³-hybridized carbons (Fsp3) is 0.185. The van der Waals surface area contributed by atoms with Gasteiger partial charge in [-0.25, -0.2) is 0 Å². The van der Waals surface area contributed by atoms with Crippen molar-refractivity contribution in [2.24, 2.45) is 0 Å². The van der Waals surface area contributed by atoms with Gasteiger partial charge in [0.2, 0.25) is 0 Å². The highest BCUT2D eigenvalue weighted by Gasteiger charge is 2.15. The van der Waals surface area contributed by atoms with Crippen LogP contribution in [0.4, 0.5) is 0 Å². The van der Waals surface area contributed by atoms with E-state index in [9.17, 15) is 5.11 Å². The van der Waals surface area contributed by atoms with Crippen molar-refractivity contribution in [1.82, 2.24) is 4.90 Å². The third-order valence-electron chi connectivity index (χ3n) is 5.08. The van der Waals surface area contributed by atoms with Gasteiger partial charge in [0.1, 0.15) is 24.2 Å². The van der Waals surface area contributed by atoms with E-state index < -0.39 is 6.10 Å². The number of benzene rings is 3. The zero-order valence-corrected chi connectivity index (χ0v) is 17.4. The molecule has 0 spiro atoms. The molecule has 1 heterocycles. The largest absolute Gasteiger partial charge is 0.491 e. The molecule has 1 aromatic heterocycles. The summed E-state index contributed by atoms with van der Waals surface area (Å²) in [6.07, 6.45) is 1.06. The van der Waals surface area contributed by atoms with Crippen molar-refractivity contribution in [1.29, 1.82) is 0 Å². The maximum Gasteiger partial charge on any atom is 0.119 e. The fourth-order valence-electron chi connectivity index (χ4n) is 3.57. The third kappa shape index (κ3) is 6.32. The molecule has 0 saturated heterocycles. The molecule has 0 aliphatic carbocycles. The van der Waals surface area contributed by atoms with Crippen molar-refractivity contribution in [3.05, 3.63) is 115 Å². The average Bonchev–Trinajstić information content (AvgIpc) is 3.32. The Morgan fingerprint density at radius 3 is 2.10 bits per heavy atom. The molecule has 1 unspecified atom stereocenters. The van der Waals surface area contributed by atoms with Crippen molar-refractivity contribution in [2.75, 3.05) is 13.2 Å². The molecule has 0 saturated carbocycles. The smallest absolute Gasteiger partial charge is 0.119 e. The monoisotopic (exact) mass is 413 g/mol. The first-order chi connectivity index (χ1) is 15.3. The average molecular weight is 414 g/mol. The van der Waals surface area contributed by atoms with Gasteiger partial charge in [-0.05, 0) is 41.0 Å². The summed E-state index contributed by atoms with van der Waals surface area (Å²) in [5.41, 5.74) is 3.50. The highest BCUT2D eigenvalue weighted by atomic mass is 16.5. The molecule has 4 heteroatoms. The van der Waals surface area contributed by atoms with Crippen LogP contribution in [0.5, 0.6) is 5.75 Å². The lowest BCUT2D eigenvalue weighted by Crippen LogP contribution is -2.35. The molecule has 0 amide bonds. The van der Waals surface area contributed by atoms with E-state index >= 15 is 0 Å². The molecule has 4 rings (SSSR count). The number of hydrogen-bond donors (Lipinski definition) is 1. The number of ether oxygens (including phenoxy) is 1. The standard InChI is InChI=1S/C27H27NO3/c29-25(21-31-26-15-13-24(14-16-26)23-10-5-2-6-11-23)19-28(20-27-12-7-17-30-27)18-22-8-3-1-4-9-22/h1-17,25,29H,18-21H2. The molecule has 0 aliphatic heterocycles. The molecule has 0 fully saturated rings. The Balaban J connectivity index is 1.33. The van der Waals surface area contributed by atoms with E-state index in [2.05, 4.69) is 29.2 Å². The number of aliphatic hydroxyl groups is 1. The highest BCUT2D eigenvalue weighted by molar-refractivity contribution is 5.63. The van der Waals surface area contributed by atoms with Gasteiger partial charge >= 0.3 is 0 Å². The Kier molecular flexibility index (Phi) is 7.16. The van der Waals surface area contributed by atoms with Crippen molar-refractivity contribution in [3.63, 3.8) is 0 Å². The lowest BCUT2D eigenvalue weighted by Gasteiger charge is -2.24. The fourth-order valence-corrected chi connectivity index (χ4v) is 3.57. The second kappa shape index (κ2) is 10.6. The van der Waals surface area contributed by atoms with Gasteiger partial charge in [-0.1, -0.05) is 72.8 Å². The summed E-state index contributed by atoms with van der Waals surface area (Å²) in [4.78, 5) is 2.17. The van der Waals surface area contributed by atoms with Crippen LogP contribution in [0.3, 0.4) is 0 Å². The number of furan rings is 1. The van der Waals surface area contributed by atoms with Crippen LogP contribution in [0.2, 0.25) is 0 Å². The molecule has 1 atom stereocenters. The highest BCUT2D eigenvalue weighted by Crippen LogP contribution is 2.22.